The molecule has 1 aromatic heterocycles. The minimum Gasteiger partial charge on any atom is -0.380 e. The summed E-state index contributed by atoms with van der Waals surface area (Å²) in [5, 5.41) is 5.49. The maximum atomic E-state index is 12.8. The molecule has 0 unspecified atom stereocenters. The summed E-state index contributed by atoms with van der Waals surface area (Å²) in [6, 6.07) is 4.94. The summed E-state index contributed by atoms with van der Waals surface area (Å²) in [4.78, 5) is 19.7. The number of thiazole rings is 1. The van der Waals surface area contributed by atoms with Crippen molar-refractivity contribution in [2.75, 3.05) is 39.5 Å². The van der Waals surface area contributed by atoms with Crippen LogP contribution in [0.5, 0.6) is 0 Å². The first-order valence-electron chi connectivity index (χ1n) is 11.1. The van der Waals surface area contributed by atoms with Gasteiger partial charge in [-0.2, -0.15) is 13.2 Å². The monoisotopic (exact) mass is 483 g/mol. The lowest BCUT2D eigenvalue weighted by Crippen LogP contribution is -2.67. The highest BCUT2D eigenvalue weighted by atomic mass is 32.1. The van der Waals surface area contributed by atoms with Crippen LogP contribution in [0, 0.1) is 5.92 Å². The smallest absolute Gasteiger partial charge is 0.380 e. The molecule has 0 saturated carbocycles. The largest absolute Gasteiger partial charge is 0.416 e. The van der Waals surface area contributed by atoms with E-state index in [1.54, 1.807) is 5.38 Å². The Kier molecular flexibility index (Phi) is 7.37. The van der Waals surface area contributed by atoms with Crippen molar-refractivity contribution in [1.29, 1.82) is 0 Å². The lowest BCUT2D eigenvalue weighted by atomic mass is 9.89. The summed E-state index contributed by atoms with van der Waals surface area (Å²) in [7, 11) is 0. The molecule has 2 aliphatic rings. The van der Waals surface area contributed by atoms with Crippen molar-refractivity contribution >= 4 is 17.2 Å². The quantitative estimate of drug-likeness (QED) is 0.616. The van der Waals surface area contributed by atoms with Crippen LogP contribution in [0.1, 0.15) is 30.3 Å². The van der Waals surface area contributed by atoms with Crippen LogP contribution in [0.25, 0.3) is 11.3 Å². The van der Waals surface area contributed by atoms with Crippen LogP contribution in [0.4, 0.5) is 13.2 Å². The highest BCUT2D eigenvalue weighted by molar-refractivity contribution is 7.09. The summed E-state index contributed by atoms with van der Waals surface area (Å²) in [5.41, 5.74) is 0.402. The van der Waals surface area contributed by atoms with Crippen molar-refractivity contribution in [2.45, 2.75) is 38.0 Å². The van der Waals surface area contributed by atoms with Crippen LogP contribution in [-0.2, 0) is 27.0 Å². The number of rotatable bonds is 8. The third-order valence-corrected chi connectivity index (χ3v) is 7.10. The second kappa shape index (κ2) is 10.1. The average molecular weight is 484 g/mol. The molecule has 0 spiro atoms. The maximum Gasteiger partial charge on any atom is 0.416 e. The first kappa shape index (κ1) is 24.1. The topological polar surface area (TPSA) is 63.7 Å². The van der Waals surface area contributed by atoms with Crippen molar-refractivity contribution < 1.29 is 27.4 Å². The van der Waals surface area contributed by atoms with Gasteiger partial charge in [-0.25, -0.2) is 4.98 Å². The van der Waals surface area contributed by atoms with Crippen molar-refractivity contribution in [3.05, 3.63) is 40.2 Å². The molecule has 1 atom stereocenters. The van der Waals surface area contributed by atoms with Crippen LogP contribution in [-0.4, -0.2) is 60.8 Å². The van der Waals surface area contributed by atoms with E-state index in [0.717, 1.165) is 31.5 Å². The molecule has 1 aromatic carbocycles. The fourth-order valence-corrected chi connectivity index (χ4v) is 5.01. The number of amides is 1. The molecule has 1 N–H and O–H groups in total. The van der Waals surface area contributed by atoms with Gasteiger partial charge in [0.05, 0.1) is 49.1 Å². The highest BCUT2D eigenvalue weighted by Crippen LogP contribution is 2.32. The Morgan fingerprint density at radius 3 is 2.73 bits per heavy atom. The van der Waals surface area contributed by atoms with Gasteiger partial charge in [-0.05, 0) is 38.4 Å². The van der Waals surface area contributed by atoms with E-state index in [-0.39, 0.29) is 17.4 Å². The number of piperidine rings is 1. The number of nitrogens with one attached hydrogen (secondary N) is 1. The number of halogens is 3. The van der Waals surface area contributed by atoms with Crippen LogP contribution >= 0.6 is 11.3 Å². The highest BCUT2D eigenvalue weighted by Gasteiger charge is 2.46. The molecule has 0 aliphatic carbocycles. The number of nitrogens with zero attached hydrogens (tertiary/aromatic N) is 2. The summed E-state index contributed by atoms with van der Waals surface area (Å²) in [6.45, 7) is 6.42. The molecule has 2 saturated heterocycles. The molecule has 1 amide bonds. The lowest BCUT2D eigenvalue weighted by Gasteiger charge is -2.51. The van der Waals surface area contributed by atoms with Crippen LogP contribution in [0.15, 0.2) is 29.6 Å². The number of aromatic nitrogens is 1. The minimum atomic E-state index is -4.36. The first-order valence-corrected chi connectivity index (χ1v) is 12.0. The predicted octanol–water partition coefficient (Wildman–Crippen LogP) is 3.96. The SMILES string of the molecule is CCOCC1(N2CCC[C@H](C(=O)NCc3nc(-c4ccc(C(F)(F)F)cc4)cs3)C2)COC1. The predicted molar refractivity (Wildman–Crippen MR) is 119 cm³/mol. The van der Waals surface area contributed by atoms with Gasteiger partial charge < -0.3 is 14.8 Å². The second-order valence-corrected chi connectivity index (χ2v) is 9.50. The average Bonchev–Trinajstić information content (AvgIpc) is 3.26. The number of carbonyl (C=O) groups excluding carboxylic acids is 1. The molecule has 0 bridgehead atoms. The zero-order valence-corrected chi connectivity index (χ0v) is 19.3. The fraction of sp³-hybridized carbons (Fsp3) is 0.565. The van der Waals surface area contributed by atoms with E-state index in [0.29, 0.717) is 55.8 Å². The molecule has 2 fully saturated rings. The number of alkyl halides is 3. The Bertz CT molecular complexity index is 944. The summed E-state index contributed by atoms with van der Waals surface area (Å²) < 4.78 is 49.4. The molecule has 180 valence electrons. The summed E-state index contributed by atoms with van der Waals surface area (Å²) in [6.07, 6.45) is -2.58. The van der Waals surface area contributed by atoms with E-state index in [4.69, 9.17) is 9.47 Å². The molecule has 6 nitrogen and oxygen atoms in total. The third-order valence-electron chi connectivity index (χ3n) is 6.25. The molecular weight excluding hydrogens is 455 g/mol. The van der Waals surface area contributed by atoms with Gasteiger partial charge in [0.25, 0.3) is 0 Å². The van der Waals surface area contributed by atoms with Gasteiger partial charge in [0, 0.05) is 24.1 Å². The van der Waals surface area contributed by atoms with Gasteiger partial charge in [-0.3, -0.25) is 9.69 Å². The third kappa shape index (κ3) is 5.56. The lowest BCUT2D eigenvalue weighted by molar-refractivity contribution is -0.178. The maximum absolute atomic E-state index is 12.8. The Morgan fingerprint density at radius 1 is 1.33 bits per heavy atom. The number of ether oxygens (including phenoxy) is 2. The van der Waals surface area contributed by atoms with Crippen molar-refractivity contribution in [1.82, 2.24) is 15.2 Å². The Morgan fingerprint density at radius 2 is 2.09 bits per heavy atom. The Balaban J connectivity index is 1.31. The molecule has 33 heavy (non-hydrogen) atoms. The Hall–Kier alpha value is -2.01. The van der Waals surface area contributed by atoms with Crippen LogP contribution in [0.2, 0.25) is 0 Å². The number of benzene rings is 1. The van der Waals surface area contributed by atoms with Gasteiger partial charge in [0.15, 0.2) is 0 Å². The van der Waals surface area contributed by atoms with E-state index < -0.39 is 11.7 Å². The molecule has 4 rings (SSSR count). The van der Waals surface area contributed by atoms with E-state index in [1.807, 2.05) is 6.92 Å². The first-order chi connectivity index (χ1) is 15.8. The van der Waals surface area contributed by atoms with E-state index >= 15 is 0 Å². The molecule has 2 aliphatic heterocycles. The minimum absolute atomic E-state index is 0.00205. The molecule has 10 heteroatoms. The van der Waals surface area contributed by atoms with Gasteiger partial charge >= 0.3 is 6.18 Å². The molecule has 3 heterocycles. The van der Waals surface area contributed by atoms with Crippen molar-refractivity contribution in [3.63, 3.8) is 0 Å². The van der Waals surface area contributed by atoms with Gasteiger partial charge in [0.1, 0.15) is 5.01 Å². The van der Waals surface area contributed by atoms with Crippen molar-refractivity contribution in [2.24, 2.45) is 5.92 Å². The van der Waals surface area contributed by atoms with E-state index in [9.17, 15) is 18.0 Å². The van der Waals surface area contributed by atoms with Gasteiger partial charge in [0.2, 0.25) is 5.91 Å². The number of hydrogen-bond acceptors (Lipinski definition) is 6. The van der Waals surface area contributed by atoms with E-state index in [2.05, 4.69) is 15.2 Å². The van der Waals surface area contributed by atoms with Crippen LogP contribution in [0.3, 0.4) is 0 Å². The van der Waals surface area contributed by atoms with Gasteiger partial charge in [-0.15, -0.1) is 11.3 Å². The zero-order chi connectivity index (χ0) is 23.5. The van der Waals surface area contributed by atoms with E-state index in [1.165, 1.54) is 23.5 Å². The second-order valence-electron chi connectivity index (χ2n) is 8.56. The van der Waals surface area contributed by atoms with Crippen molar-refractivity contribution in [3.8, 4) is 11.3 Å². The summed E-state index contributed by atoms with van der Waals surface area (Å²) >= 11 is 1.38. The molecule has 0 radical (unpaired) electrons. The number of carbonyl (C=O) groups is 1. The van der Waals surface area contributed by atoms with Gasteiger partial charge in [-0.1, -0.05) is 12.1 Å². The van der Waals surface area contributed by atoms with Crippen LogP contribution < -0.4 is 5.32 Å². The molecular formula is C23H28F3N3O3S. The number of likely N-dealkylation sites (tertiary alicyclic amines) is 1. The zero-order valence-electron chi connectivity index (χ0n) is 18.5. The summed E-state index contributed by atoms with van der Waals surface area (Å²) in [5.74, 6) is -0.107. The normalized spacial score (nSPS) is 20.9. The number of hydrogen-bond donors (Lipinski definition) is 1. The molecule has 2 aromatic rings. The standard InChI is InChI=1S/C23H28F3N3O3S/c1-2-31-13-22(14-32-15-22)29-9-3-4-17(11-29)21(30)27-10-20-28-19(12-33-20)16-5-7-18(8-6-16)23(24,25)26/h5-8,12,17H,2-4,9-11,13-15H2,1H3,(H,27,30)/t17-/m0/s1. The fourth-order valence-electron chi connectivity index (χ4n) is 4.27. The Labute approximate surface area is 195 Å².